The van der Waals surface area contributed by atoms with Gasteiger partial charge in [0.15, 0.2) is 0 Å². The van der Waals surface area contributed by atoms with Gasteiger partial charge in [-0.25, -0.2) is 0 Å². The molecule has 0 unspecified atom stereocenters. The summed E-state index contributed by atoms with van der Waals surface area (Å²) in [6.07, 6.45) is 4.98. The maximum Gasteiger partial charge on any atom is 0.134 e. The predicted molar refractivity (Wildman–Crippen MR) is 60.3 cm³/mol. The van der Waals surface area contributed by atoms with Gasteiger partial charge in [-0.15, -0.1) is 0 Å². The molecule has 4 heteroatoms. The summed E-state index contributed by atoms with van der Waals surface area (Å²) in [7, 11) is 1.70. The molecule has 0 saturated heterocycles. The minimum absolute atomic E-state index is 0.624. The third-order valence-corrected chi connectivity index (χ3v) is 1.44. The van der Waals surface area contributed by atoms with Gasteiger partial charge in [0.1, 0.15) is 5.76 Å². The first-order valence-electron chi connectivity index (χ1n) is 4.33. The van der Waals surface area contributed by atoms with Crippen LogP contribution in [0, 0.1) is 0 Å². The number of oxime groups is 1. The Labute approximate surface area is 84.8 Å². The molecule has 0 amide bonds. The van der Waals surface area contributed by atoms with E-state index in [1.807, 2.05) is 6.92 Å². The van der Waals surface area contributed by atoms with Crippen molar-refractivity contribution in [1.82, 2.24) is 0 Å². The molecule has 0 aliphatic carbocycles. The lowest BCUT2D eigenvalue weighted by atomic mass is 10.2. The fraction of sp³-hybridized carbons (Fsp3) is 0.400. The summed E-state index contributed by atoms with van der Waals surface area (Å²) in [5, 5.41) is 3.63. The molecule has 78 valence electrons. The normalized spacial score (nSPS) is 15.0. The highest BCUT2D eigenvalue weighted by molar-refractivity contribution is 5.79. The Morgan fingerprint density at radius 1 is 1.36 bits per heavy atom. The summed E-state index contributed by atoms with van der Waals surface area (Å²) < 4.78 is 0. The molecule has 0 aromatic heterocycles. The van der Waals surface area contributed by atoms with Crippen molar-refractivity contribution in [2.24, 2.45) is 15.9 Å². The number of allylic oxidation sites excluding steroid dienone is 3. The number of rotatable bonds is 4. The van der Waals surface area contributed by atoms with Crippen molar-refractivity contribution in [1.29, 1.82) is 0 Å². The fourth-order valence-corrected chi connectivity index (χ4v) is 0.763. The van der Waals surface area contributed by atoms with E-state index in [-0.39, 0.29) is 0 Å². The second-order valence-electron chi connectivity index (χ2n) is 2.74. The van der Waals surface area contributed by atoms with E-state index in [1.165, 1.54) is 0 Å². The number of nitrogens with zero attached hydrogens (tertiary/aromatic N) is 2. The maximum absolute atomic E-state index is 5.76. The van der Waals surface area contributed by atoms with Crippen molar-refractivity contribution >= 4 is 12.4 Å². The molecule has 0 bridgehead atoms. The van der Waals surface area contributed by atoms with Gasteiger partial charge in [-0.1, -0.05) is 5.16 Å². The van der Waals surface area contributed by atoms with Gasteiger partial charge in [-0.2, -0.15) is 0 Å². The van der Waals surface area contributed by atoms with Crippen LogP contribution in [0.25, 0.3) is 0 Å². The summed E-state index contributed by atoms with van der Waals surface area (Å²) in [4.78, 5) is 8.83. The number of hydrogen-bond acceptors (Lipinski definition) is 4. The monoisotopic (exact) mass is 195 g/mol. The topological polar surface area (TPSA) is 60.0 Å². The van der Waals surface area contributed by atoms with Crippen molar-refractivity contribution < 1.29 is 4.84 Å². The van der Waals surface area contributed by atoms with Crippen molar-refractivity contribution in [3.63, 3.8) is 0 Å². The van der Waals surface area contributed by atoms with Crippen LogP contribution in [0.1, 0.15) is 20.8 Å². The third kappa shape index (κ3) is 5.13. The molecule has 0 aliphatic heterocycles. The number of hydrogen-bond donors (Lipinski definition) is 1. The van der Waals surface area contributed by atoms with Crippen LogP contribution in [0.2, 0.25) is 0 Å². The van der Waals surface area contributed by atoms with Crippen LogP contribution in [0.15, 0.2) is 33.3 Å². The zero-order valence-corrected chi connectivity index (χ0v) is 9.11. The summed E-state index contributed by atoms with van der Waals surface area (Å²) >= 11 is 0. The Balaban J connectivity index is 4.55. The zero-order chi connectivity index (χ0) is 11.0. The van der Waals surface area contributed by atoms with Crippen LogP contribution >= 0.6 is 0 Å². The molecule has 0 atom stereocenters. The summed E-state index contributed by atoms with van der Waals surface area (Å²) in [6, 6.07) is 0. The first-order valence-corrected chi connectivity index (χ1v) is 4.33. The molecular formula is C10H17N3O. The highest BCUT2D eigenvalue weighted by Gasteiger charge is 1.93. The molecule has 4 nitrogen and oxygen atoms in total. The van der Waals surface area contributed by atoms with E-state index in [2.05, 4.69) is 10.1 Å². The molecule has 0 heterocycles. The Kier molecular flexibility index (Phi) is 6.11. The highest BCUT2D eigenvalue weighted by atomic mass is 16.6. The first kappa shape index (κ1) is 12.4. The molecule has 0 fully saturated rings. The Morgan fingerprint density at radius 2 is 2.00 bits per heavy atom. The van der Waals surface area contributed by atoms with E-state index >= 15 is 0 Å². The average molecular weight is 195 g/mol. The van der Waals surface area contributed by atoms with Crippen LogP contribution in [-0.2, 0) is 4.84 Å². The minimum atomic E-state index is 0.624. The standard InChI is InChI=1S/C10H17N3O/c1-5-13-14-9(3)6-10(11)8(2)7-12-4/h5-7H,11H2,1-4H3/b9-6+,10-8?,12-7?,13-5+. The highest BCUT2D eigenvalue weighted by Crippen LogP contribution is 2.03. The van der Waals surface area contributed by atoms with Crippen molar-refractivity contribution in [2.45, 2.75) is 20.8 Å². The molecule has 0 radical (unpaired) electrons. The lowest BCUT2D eigenvalue weighted by Gasteiger charge is -2.00. The lowest BCUT2D eigenvalue weighted by Crippen LogP contribution is -2.00. The Hall–Kier alpha value is -1.58. The van der Waals surface area contributed by atoms with Gasteiger partial charge in [0.05, 0.1) is 0 Å². The van der Waals surface area contributed by atoms with E-state index in [0.717, 1.165) is 5.57 Å². The van der Waals surface area contributed by atoms with Crippen LogP contribution in [-0.4, -0.2) is 19.5 Å². The Bertz CT molecular complexity index is 288. The van der Waals surface area contributed by atoms with Gasteiger partial charge < -0.3 is 10.6 Å². The molecule has 0 aromatic rings. The molecule has 0 spiro atoms. The van der Waals surface area contributed by atoms with Crippen LogP contribution in [0.5, 0.6) is 0 Å². The summed E-state index contributed by atoms with van der Waals surface area (Å²) in [6.45, 7) is 5.45. The van der Waals surface area contributed by atoms with Crippen LogP contribution in [0.4, 0.5) is 0 Å². The fourth-order valence-electron chi connectivity index (χ4n) is 0.763. The van der Waals surface area contributed by atoms with Gasteiger partial charge in [-0.3, -0.25) is 4.99 Å². The number of aliphatic imine (C=N–C) groups is 1. The molecule has 0 rings (SSSR count). The van der Waals surface area contributed by atoms with Gasteiger partial charge in [0.2, 0.25) is 0 Å². The smallest absolute Gasteiger partial charge is 0.134 e. The molecular weight excluding hydrogens is 178 g/mol. The van der Waals surface area contributed by atoms with Gasteiger partial charge in [0.25, 0.3) is 0 Å². The summed E-state index contributed by atoms with van der Waals surface area (Å²) in [5.74, 6) is 0.643. The molecule has 0 aliphatic rings. The first-order chi connectivity index (χ1) is 6.61. The van der Waals surface area contributed by atoms with E-state index in [0.29, 0.717) is 11.5 Å². The van der Waals surface area contributed by atoms with Gasteiger partial charge in [0, 0.05) is 31.2 Å². The molecule has 2 N–H and O–H groups in total. The zero-order valence-electron chi connectivity index (χ0n) is 9.11. The summed E-state index contributed by atoms with van der Waals surface area (Å²) in [5.41, 5.74) is 7.28. The average Bonchev–Trinajstić information content (AvgIpc) is 2.15. The van der Waals surface area contributed by atoms with Crippen molar-refractivity contribution in [3.8, 4) is 0 Å². The SMILES string of the molecule is C/C=N/O/C(C)=C/C(N)=C(C)C=NC. The third-order valence-electron chi connectivity index (χ3n) is 1.44. The van der Waals surface area contributed by atoms with Crippen molar-refractivity contribution in [3.05, 3.63) is 23.1 Å². The van der Waals surface area contributed by atoms with E-state index in [4.69, 9.17) is 10.6 Å². The van der Waals surface area contributed by atoms with Crippen LogP contribution < -0.4 is 5.73 Å². The number of nitrogens with two attached hydrogens (primary N) is 1. The van der Waals surface area contributed by atoms with E-state index < -0.39 is 0 Å². The molecule has 0 saturated carbocycles. The Morgan fingerprint density at radius 3 is 2.50 bits per heavy atom. The van der Waals surface area contributed by atoms with E-state index in [9.17, 15) is 0 Å². The quantitative estimate of drug-likeness (QED) is 0.322. The minimum Gasteiger partial charge on any atom is -0.398 e. The second kappa shape index (κ2) is 6.88. The van der Waals surface area contributed by atoms with E-state index in [1.54, 1.807) is 39.4 Å². The van der Waals surface area contributed by atoms with Crippen LogP contribution in [0.3, 0.4) is 0 Å². The van der Waals surface area contributed by atoms with Gasteiger partial charge in [-0.05, 0) is 26.3 Å². The maximum atomic E-state index is 5.76. The van der Waals surface area contributed by atoms with Gasteiger partial charge >= 0.3 is 0 Å². The molecule has 0 aromatic carbocycles. The predicted octanol–water partition coefficient (Wildman–Crippen LogP) is 1.85. The molecule has 14 heavy (non-hydrogen) atoms. The van der Waals surface area contributed by atoms with Crippen molar-refractivity contribution in [2.75, 3.05) is 7.05 Å². The lowest BCUT2D eigenvalue weighted by molar-refractivity contribution is 0.231. The second-order valence-corrected chi connectivity index (χ2v) is 2.74. The largest absolute Gasteiger partial charge is 0.398 e.